The van der Waals surface area contributed by atoms with E-state index in [1.54, 1.807) is 0 Å². The average Bonchev–Trinajstić information content (AvgIpc) is 2.50. The van der Waals surface area contributed by atoms with Gasteiger partial charge in [0.2, 0.25) is 0 Å². The highest BCUT2D eigenvalue weighted by molar-refractivity contribution is 6.33. The molecule has 0 saturated heterocycles. The number of hydrogen-bond donors (Lipinski definition) is 1. The summed E-state index contributed by atoms with van der Waals surface area (Å²) in [5.41, 5.74) is 0.219. The van der Waals surface area contributed by atoms with Gasteiger partial charge in [-0.05, 0) is 17.7 Å². The van der Waals surface area contributed by atoms with Gasteiger partial charge < -0.3 is 0 Å². The molecule has 1 aromatic rings. The Labute approximate surface area is 83.4 Å². The summed E-state index contributed by atoms with van der Waals surface area (Å²) in [6.07, 6.45) is 1.05. The van der Waals surface area contributed by atoms with E-state index in [1.165, 1.54) is 6.07 Å². The van der Waals surface area contributed by atoms with E-state index in [-0.39, 0.29) is 11.1 Å². The second kappa shape index (κ2) is 3.27. The zero-order valence-corrected chi connectivity index (χ0v) is 7.38. The van der Waals surface area contributed by atoms with Crippen molar-refractivity contribution in [2.75, 3.05) is 0 Å². The van der Waals surface area contributed by atoms with Crippen molar-refractivity contribution in [3.8, 4) is 0 Å². The molecule has 3 nitrogen and oxygen atoms in total. The number of amides is 2. The van der Waals surface area contributed by atoms with E-state index < -0.39 is 23.4 Å². The Morgan fingerprint density at radius 1 is 1.07 bits per heavy atom. The Bertz CT molecular complexity index is 494. The molecule has 2 rings (SSSR count). The molecular weight excluding hydrogens is 204 g/mol. The van der Waals surface area contributed by atoms with E-state index in [9.17, 15) is 18.4 Å². The molecule has 0 bridgehead atoms. The Balaban J connectivity index is 2.47. The zero-order chi connectivity index (χ0) is 11.0. The number of rotatable bonds is 1. The third kappa shape index (κ3) is 1.63. The summed E-state index contributed by atoms with van der Waals surface area (Å²) in [4.78, 5) is 22.0. The second-order valence-electron chi connectivity index (χ2n) is 3.01. The quantitative estimate of drug-likeness (QED) is 0.701. The van der Waals surface area contributed by atoms with Crippen LogP contribution >= 0.6 is 0 Å². The first-order valence-corrected chi connectivity index (χ1v) is 4.10. The molecule has 1 aromatic carbocycles. The minimum atomic E-state index is -1.06. The molecule has 15 heavy (non-hydrogen) atoms. The number of carbonyl (C=O) groups excluding carboxylic acids is 2. The normalized spacial score (nSPS) is 15.2. The van der Waals surface area contributed by atoms with Crippen LogP contribution in [0.5, 0.6) is 0 Å². The molecule has 1 aliphatic rings. The minimum absolute atomic E-state index is 0.0406. The Morgan fingerprint density at radius 3 is 2.33 bits per heavy atom. The molecule has 0 aromatic heterocycles. The lowest BCUT2D eigenvalue weighted by molar-refractivity contribution is -0.123. The van der Waals surface area contributed by atoms with Gasteiger partial charge in [-0.15, -0.1) is 0 Å². The number of halogens is 2. The van der Waals surface area contributed by atoms with Gasteiger partial charge in [0, 0.05) is 6.08 Å². The summed E-state index contributed by atoms with van der Waals surface area (Å²) in [5.74, 6) is -3.21. The highest BCUT2D eigenvalue weighted by Crippen LogP contribution is 2.20. The first-order chi connectivity index (χ1) is 7.08. The third-order valence-corrected chi connectivity index (χ3v) is 1.99. The molecule has 1 N–H and O–H groups in total. The van der Waals surface area contributed by atoms with Crippen LogP contribution < -0.4 is 5.32 Å². The zero-order valence-electron chi connectivity index (χ0n) is 7.38. The minimum Gasteiger partial charge on any atom is -0.289 e. The molecule has 0 radical (unpaired) electrons. The van der Waals surface area contributed by atoms with E-state index in [1.807, 2.05) is 5.32 Å². The average molecular weight is 209 g/mol. The monoisotopic (exact) mass is 209 g/mol. The van der Waals surface area contributed by atoms with E-state index in [0.717, 1.165) is 18.2 Å². The van der Waals surface area contributed by atoms with Gasteiger partial charge in [0.05, 0.1) is 5.57 Å². The first-order valence-electron chi connectivity index (χ1n) is 4.10. The lowest BCUT2D eigenvalue weighted by Crippen LogP contribution is -2.21. The maximum absolute atomic E-state index is 12.8. The predicted octanol–water partition coefficient (Wildman–Crippen LogP) is 1.00. The molecule has 0 atom stereocenters. The molecule has 0 saturated carbocycles. The van der Waals surface area contributed by atoms with Crippen molar-refractivity contribution in [3.05, 3.63) is 41.5 Å². The summed E-state index contributed by atoms with van der Waals surface area (Å²) in [7, 11) is 0. The fourth-order valence-electron chi connectivity index (χ4n) is 1.29. The fourth-order valence-corrected chi connectivity index (χ4v) is 1.29. The smallest absolute Gasteiger partial charge is 0.258 e. The van der Waals surface area contributed by atoms with Crippen LogP contribution in [0.15, 0.2) is 24.3 Å². The Morgan fingerprint density at radius 2 is 1.80 bits per heavy atom. The van der Waals surface area contributed by atoms with Gasteiger partial charge in [0.15, 0.2) is 11.6 Å². The number of imide groups is 1. The van der Waals surface area contributed by atoms with Gasteiger partial charge in [-0.25, -0.2) is 8.78 Å². The van der Waals surface area contributed by atoms with Crippen LogP contribution in [0.2, 0.25) is 0 Å². The molecule has 0 fully saturated rings. The molecule has 5 heteroatoms. The first kappa shape index (κ1) is 9.51. The van der Waals surface area contributed by atoms with Gasteiger partial charge in [-0.1, -0.05) is 6.07 Å². The van der Waals surface area contributed by atoms with Gasteiger partial charge >= 0.3 is 0 Å². The Hall–Kier alpha value is -2.04. The predicted molar refractivity (Wildman–Crippen MR) is 47.5 cm³/mol. The SMILES string of the molecule is O=C1C=C(c2ccc(F)c(F)c2)C(=O)N1. The summed E-state index contributed by atoms with van der Waals surface area (Å²) in [6.45, 7) is 0. The van der Waals surface area contributed by atoms with Crippen LogP contribution in [-0.4, -0.2) is 11.8 Å². The molecule has 0 unspecified atom stereocenters. The van der Waals surface area contributed by atoms with Crippen LogP contribution in [0.25, 0.3) is 5.57 Å². The molecule has 1 aliphatic heterocycles. The van der Waals surface area contributed by atoms with Crippen LogP contribution in [0.1, 0.15) is 5.56 Å². The van der Waals surface area contributed by atoms with Crippen LogP contribution in [0.4, 0.5) is 8.78 Å². The summed E-state index contributed by atoms with van der Waals surface area (Å²) < 4.78 is 25.4. The third-order valence-electron chi connectivity index (χ3n) is 1.99. The van der Waals surface area contributed by atoms with Crippen LogP contribution in [0.3, 0.4) is 0 Å². The van der Waals surface area contributed by atoms with E-state index in [4.69, 9.17) is 0 Å². The van der Waals surface area contributed by atoms with Crippen LogP contribution in [-0.2, 0) is 9.59 Å². The van der Waals surface area contributed by atoms with Gasteiger partial charge in [0.25, 0.3) is 11.8 Å². The molecular formula is C10H5F2NO2. The van der Waals surface area contributed by atoms with Gasteiger partial charge in [-0.3, -0.25) is 14.9 Å². The Kier molecular flexibility index (Phi) is 2.07. The maximum atomic E-state index is 12.8. The van der Waals surface area contributed by atoms with E-state index >= 15 is 0 Å². The van der Waals surface area contributed by atoms with E-state index in [0.29, 0.717) is 0 Å². The highest BCUT2D eigenvalue weighted by Gasteiger charge is 2.22. The molecule has 1 heterocycles. The van der Waals surface area contributed by atoms with Crippen molar-refractivity contribution in [3.63, 3.8) is 0 Å². The molecule has 0 aliphatic carbocycles. The topological polar surface area (TPSA) is 46.2 Å². The number of carbonyl (C=O) groups is 2. The van der Waals surface area contributed by atoms with Crippen molar-refractivity contribution in [1.29, 1.82) is 0 Å². The fraction of sp³-hybridized carbons (Fsp3) is 0. The van der Waals surface area contributed by atoms with Crippen molar-refractivity contribution in [2.45, 2.75) is 0 Å². The second-order valence-corrected chi connectivity index (χ2v) is 3.01. The largest absolute Gasteiger partial charge is 0.289 e. The highest BCUT2D eigenvalue weighted by atomic mass is 19.2. The van der Waals surface area contributed by atoms with E-state index in [2.05, 4.69) is 0 Å². The molecule has 0 spiro atoms. The van der Waals surface area contributed by atoms with Crippen molar-refractivity contribution >= 4 is 17.4 Å². The van der Waals surface area contributed by atoms with Crippen molar-refractivity contribution in [1.82, 2.24) is 5.32 Å². The van der Waals surface area contributed by atoms with Gasteiger partial charge in [-0.2, -0.15) is 0 Å². The summed E-state index contributed by atoms with van der Waals surface area (Å²) in [6, 6.07) is 3.02. The maximum Gasteiger partial charge on any atom is 0.258 e. The summed E-state index contributed by atoms with van der Waals surface area (Å²) in [5, 5.41) is 2.01. The van der Waals surface area contributed by atoms with Crippen LogP contribution in [0, 0.1) is 11.6 Å². The lowest BCUT2D eigenvalue weighted by Gasteiger charge is -2.00. The van der Waals surface area contributed by atoms with Crippen molar-refractivity contribution in [2.24, 2.45) is 0 Å². The molecule has 2 amide bonds. The number of nitrogens with one attached hydrogen (secondary N) is 1. The molecule has 76 valence electrons. The standard InChI is InChI=1S/C10H5F2NO2/c11-7-2-1-5(3-8(7)12)6-4-9(14)13-10(6)15/h1-4H,(H,13,14,15). The number of benzene rings is 1. The number of hydrogen-bond acceptors (Lipinski definition) is 2. The summed E-state index contributed by atoms with van der Waals surface area (Å²) >= 11 is 0. The van der Waals surface area contributed by atoms with Crippen molar-refractivity contribution < 1.29 is 18.4 Å². The van der Waals surface area contributed by atoms with Gasteiger partial charge in [0.1, 0.15) is 0 Å². The lowest BCUT2D eigenvalue weighted by atomic mass is 10.1.